The van der Waals surface area contributed by atoms with Crippen LogP contribution in [0.2, 0.25) is 0 Å². The summed E-state index contributed by atoms with van der Waals surface area (Å²) in [4.78, 5) is 17.5. The number of fused-ring (bicyclic) bond motifs is 1. The lowest BCUT2D eigenvalue weighted by atomic mass is 9.75. The number of carbonyl (C=O) groups is 1. The van der Waals surface area contributed by atoms with Crippen LogP contribution in [0.5, 0.6) is 0 Å². The summed E-state index contributed by atoms with van der Waals surface area (Å²) in [5, 5.41) is 14.2. The molecule has 1 unspecified atom stereocenters. The van der Waals surface area contributed by atoms with Gasteiger partial charge >= 0.3 is 0 Å². The van der Waals surface area contributed by atoms with Gasteiger partial charge in [-0.3, -0.25) is 9.78 Å². The van der Waals surface area contributed by atoms with Crippen molar-refractivity contribution in [2.24, 2.45) is 11.8 Å². The molecule has 2 aromatic rings. The molecule has 0 aliphatic heterocycles. The Morgan fingerprint density at radius 2 is 1.85 bits per heavy atom. The SMILES string of the molecule is O=C(NC(c1cnc2ccccc2c1)C1CC(O)C1)C1CCCCCC1. The van der Waals surface area contributed by atoms with E-state index >= 15 is 0 Å². The van der Waals surface area contributed by atoms with Gasteiger partial charge in [-0.2, -0.15) is 0 Å². The molecule has 26 heavy (non-hydrogen) atoms. The lowest BCUT2D eigenvalue weighted by Gasteiger charge is -2.38. The van der Waals surface area contributed by atoms with Gasteiger partial charge in [0.25, 0.3) is 0 Å². The van der Waals surface area contributed by atoms with Crippen molar-refractivity contribution in [2.45, 2.75) is 63.5 Å². The minimum absolute atomic E-state index is 0.0498. The van der Waals surface area contributed by atoms with Gasteiger partial charge in [0.2, 0.25) is 5.91 Å². The van der Waals surface area contributed by atoms with E-state index in [2.05, 4.69) is 22.4 Å². The maximum Gasteiger partial charge on any atom is 0.223 e. The summed E-state index contributed by atoms with van der Waals surface area (Å²) >= 11 is 0. The number of hydrogen-bond acceptors (Lipinski definition) is 3. The number of aromatic nitrogens is 1. The first-order valence-corrected chi connectivity index (χ1v) is 10.0. The molecule has 2 aliphatic rings. The van der Waals surface area contributed by atoms with Gasteiger partial charge < -0.3 is 10.4 Å². The quantitative estimate of drug-likeness (QED) is 0.813. The molecule has 1 amide bonds. The maximum absolute atomic E-state index is 12.9. The third kappa shape index (κ3) is 3.75. The van der Waals surface area contributed by atoms with Crippen LogP contribution in [0.1, 0.15) is 63.0 Å². The number of aliphatic hydroxyl groups excluding tert-OH is 1. The van der Waals surface area contributed by atoms with E-state index in [0.29, 0.717) is 5.92 Å². The van der Waals surface area contributed by atoms with Gasteiger partial charge in [-0.05, 0) is 49.3 Å². The van der Waals surface area contributed by atoms with Gasteiger partial charge in [-0.25, -0.2) is 0 Å². The molecule has 0 saturated heterocycles. The second kappa shape index (κ2) is 7.75. The van der Waals surface area contributed by atoms with Gasteiger partial charge in [-0.1, -0.05) is 43.9 Å². The van der Waals surface area contributed by atoms with E-state index in [-0.39, 0.29) is 24.0 Å². The molecular weight excluding hydrogens is 324 g/mol. The predicted molar refractivity (Wildman–Crippen MR) is 103 cm³/mol. The van der Waals surface area contributed by atoms with Crippen molar-refractivity contribution >= 4 is 16.8 Å². The minimum Gasteiger partial charge on any atom is -0.393 e. The van der Waals surface area contributed by atoms with Crippen LogP contribution in [-0.2, 0) is 4.79 Å². The number of benzene rings is 1. The number of amides is 1. The molecule has 4 rings (SSSR count). The summed E-state index contributed by atoms with van der Waals surface area (Å²) in [6.45, 7) is 0. The fourth-order valence-corrected chi connectivity index (χ4v) is 4.45. The van der Waals surface area contributed by atoms with Gasteiger partial charge in [0.1, 0.15) is 0 Å². The minimum atomic E-state index is -0.231. The number of nitrogens with zero attached hydrogens (tertiary/aromatic N) is 1. The number of hydrogen-bond donors (Lipinski definition) is 2. The number of aliphatic hydroxyl groups is 1. The first-order valence-electron chi connectivity index (χ1n) is 10.0. The molecule has 4 heteroatoms. The number of rotatable bonds is 4. The second-order valence-electron chi connectivity index (χ2n) is 8.02. The zero-order valence-corrected chi connectivity index (χ0v) is 15.2. The number of nitrogens with one attached hydrogen (secondary N) is 1. The zero-order chi connectivity index (χ0) is 17.9. The highest BCUT2D eigenvalue weighted by Crippen LogP contribution is 2.39. The van der Waals surface area contributed by atoms with Crippen LogP contribution in [0, 0.1) is 11.8 Å². The van der Waals surface area contributed by atoms with Crippen molar-refractivity contribution in [3.63, 3.8) is 0 Å². The fourth-order valence-electron chi connectivity index (χ4n) is 4.45. The molecule has 1 heterocycles. The molecule has 1 atom stereocenters. The Morgan fingerprint density at radius 3 is 2.58 bits per heavy atom. The van der Waals surface area contributed by atoms with Crippen LogP contribution in [0.3, 0.4) is 0 Å². The molecule has 2 fully saturated rings. The summed E-state index contributed by atoms with van der Waals surface area (Å²) < 4.78 is 0. The molecule has 2 N–H and O–H groups in total. The molecule has 0 radical (unpaired) electrons. The second-order valence-corrected chi connectivity index (χ2v) is 8.02. The van der Waals surface area contributed by atoms with E-state index in [0.717, 1.165) is 55.0 Å². The smallest absolute Gasteiger partial charge is 0.223 e. The normalized spacial score (nSPS) is 25.3. The number of carbonyl (C=O) groups excluding carboxylic acids is 1. The molecule has 1 aromatic heterocycles. The standard InChI is InChI=1S/C22H28N2O2/c25-19-12-17(13-19)21(24-22(26)15-7-3-1-2-4-8-15)18-11-16-9-5-6-10-20(16)23-14-18/h5-6,9-11,14-15,17,19,21,25H,1-4,7-8,12-13H2,(H,24,26). The number of para-hydroxylation sites is 1. The van der Waals surface area contributed by atoms with Crippen LogP contribution < -0.4 is 5.32 Å². The van der Waals surface area contributed by atoms with Crippen LogP contribution in [0.15, 0.2) is 36.5 Å². The Morgan fingerprint density at radius 1 is 1.12 bits per heavy atom. The molecular formula is C22H28N2O2. The van der Waals surface area contributed by atoms with Crippen molar-refractivity contribution in [1.29, 1.82) is 0 Å². The molecule has 1 aromatic carbocycles. The summed E-state index contributed by atoms with van der Waals surface area (Å²) in [7, 11) is 0. The Balaban J connectivity index is 1.56. The lowest BCUT2D eigenvalue weighted by Crippen LogP contribution is -2.43. The number of pyridine rings is 1. The third-order valence-electron chi connectivity index (χ3n) is 6.12. The Bertz CT molecular complexity index is 762. The van der Waals surface area contributed by atoms with Crippen LogP contribution in [0.4, 0.5) is 0 Å². The van der Waals surface area contributed by atoms with Crippen LogP contribution >= 0.6 is 0 Å². The van der Waals surface area contributed by atoms with Crippen LogP contribution in [0.25, 0.3) is 10.9 Å². The van der Waals surface area contributed by atoms with Crippen molar-refractivity contribution < 1.29 is 9.90 Å². The Hall–Kier alpha value is -1.94. The predicted octanol–water partition coefficient (Wildman–Crippen LogP) is 4.13. The first kappa shape index (κ1) is 17.5. The lowest BCUT2D eigenvalue weighted by molar-refractivity contribution is -0.127. The average molecular weight is 352 g/mol. The molecule has 2 saturated carbocycles. The van der Waals surface area contributed by atoms with Gasteiger partial charge in [-0.15, -0.1) is 0 Å². The highest BCUT2D eigenvalue weighted by Gasteiger charge is 2.36. The fraction of sp³-hybridized carbons (Fsp3) is 0.545. The van der Waals surface area contributed by atoms with Gasteiger partial charge in [0.05, 0.1) is 17.7 Å². The van der Waals surface area contributed by atoms with E-state index in [4.69, 9.17) is 0 Å². The first-order chi connectivity index (χ1) is 12.7. The van der Waals surface area contributed by atoms with Crippen molar-refractivity contribution in [3.8, 4) is 0 Å². The molecule has 138 valence electrons. The summed E-state index contributed by atoms with van der Waals surface area (Å²) in [5.74, 6) is 0.618. The summed E-state index contributed by atoms with van der Waals surface area (Å²) in [6, 6.07) is 10.2. The largest absolute Gasteiger partial charge is 0.393 e. The molecule has 0 bridgehead atoms. The highest BCUT2D eigenvalue weighted by atomic mass is 16.3. The maximum atomic E-state index is 12.9. The topological polar surface area (TPSA) is 62.2 Å². The van der Waals surface area contributed by atoms with Crippen LogP contribution in [-0.4, -0.2) is 22.1 Å². The summed E-state index contributed by atoms with van der Waals surface area (Å²) in [5.41, 5.74) is 2.03. The Labute approximate surface area is 155 Å². The van der Waals surface area contributed by atoms with Gasteiger partial charge in [0, 0.05) is 17.5 Å². The van der Waals surface area contributed by atoms with Crippen molar-refractivity contribution in [1.82, 2.24) is 10.3 Å². The van der Waals surface area contributed by atoms with Gasteiger partial charge in [0.15, 0.2) is 0 Å². The average Bonchev–Trinajstić information content (AvgIpc) is 2.93. The molecule has 0 spiro atoms. The van der Waals surface area contributed by atoms with E-state index in [1.807, 2.05) is 24.4 Å². The third-order valence-corrected chi connectivity index (χ3v) is 6.12. The summed E-state index contributed by atoms with van der Waals surface area (Å²) in [6.07, 6.45) is 9.98. The monoisotopic (exact) mass is 352 g/mol. The zero-order valence-electron chi connectivity index (χ0n) is 15.2. The van der Waals surface area contributed by atoms with Crippen molar-refractivity contribution in [2.75, 3.05) is 0 Å². The molecule has 2 aliphatic carbocycles. The highest BCUT2D eigenvalue weighted by molar-refractivity contribution is 5.81. The van der Waals surface area contributed by atoms with E-state index in [9.17, 15) is 9.90 Å². The van der Waals surface area contributed by atoms with Crippen molar-refractivity contribution in [3.05, 3.63) is 42.1 Å². The van der Waals surface area contributed by atoms with E-state index in [1.54, 1.807) is 0 Å². The Kier molecular flexibility index (Phi) is 5.21. The van der Waals surface area contributed by atoms with E-state index in [1.165, 1.54) is 12.8 Å². The van der Waals surface area contributed by atoms with E-state index < -0.39 is 0 Å². The molecule has 4 nitrogen and oxygen atoms in total.